The van der Waals surface area contributed by atoms with Crippen LogP contribution in [0.1, 0.15) is 11.1 Å². The summed E-state index contributed by atoms with van der Waals surface area (Å²) < 4.78 is 65.2. The van der Waals surface area contributed by atoms with E-state index in [0.29, 0.717) is 19.2 Å². The van der Waals surface area contributed by atoms with Gasteiger partial charge in [-0.2, -0.15) is 17.5 Å². The Morgan fingerprint density at radius 3 is 2.30 bits per heavy atom. The average molecular weight is 399 g/mol. The topological polar surface area (TPSA) is 53.5 Å². The summed E-state index contributed by atoms with van der Waals surface area (Å²) in [6.45, 7) is 2.40. The van der Waals surface area contributed by atoms with Gasteiger partial charge in [0.25, 0.3) is 0 Å². The normalized spacial score (nSPS) is 17.1. The summed E-state index contributed by atoms with van der Waals surface area (Å²) >= 11 is 0. The van der Waals surface area contributed by atoms with Crippen LogP contribution in [0.25, 0.3) is 0 Å². The van der Waals surface area contributed by atoms with Crippen molar-refractivity contribution in [2.24, 2.45) is 0 Å². The van der Waals surface area contributed by atoms with Gasteiger partial charge in [-0.15, -0.1) is 0 Å². The first kappa shape index (κ1) is 19.8. The molecule has 0 saturated carbocycles. The van der Waals surface area contributed by atoms with Gasteiger partial charge in [-0.25, -0.2) is 8.42 Å². The Hall–Kier alpha value is -1.97. The summed E-state index contributed by atoms with van der Waals surface area (Å²) in [6.07, 6.45) is -0.274. The predicted molar refractivity (Wildman–Crippen MR) is 94.6 cm³/mol. The van der Waals surface area contributed by atoms with Crippen molar-refractivity contribution in [3.63, 3.8) is 0 Å². The summed E-state index contributed by atoms with van der Waals surface area (Å²) in [5, 5.41) is 0. The van der Waals surface area contributed by atoms with Gasteiger partial charge in [0.2, 0.25) is 10.0 Å². The Labute approximate surface area is 156 Å². The molecule has 1 saturated heterocycles. The molecular formula is C18H20F3N3O2S. The highest BCUT2D eigenvalue weighted by atomic mass is 32.2. The monoisotopic (exact) mass is 399 g/mol. The number of alkyl halides is 3. The number of aromatic nitrogens is 1. The van der Waals surface area contributed by atoms with Crippen molar-refractivity contribution in [3.8, 4) is 0 Å². The lowest BCUT2D eigenvalue weighted by Gasteiger charge is -2.34. The minimum Gasteiger partial charge on any atom is -0.300 e. The Morgan fingerprint density at radius 2 is 1.67 bits per heavy atom. The molecule has 3 rings (SSSR count). The third-order valence-corrected chi connectivity index (χ3v) is 6.49. The molecule has 1 aliphatic rings. The van der Waals surface area contributed by atoms with Crippen LogP contribution in [-0.4, -0.2) is 55.3 Å². The van der Waals surface area contributed by atoms with E-state index >= 15 is 0 Å². The van der Waals surface area contributed by atoms with E-state index in [1.165, 1.54) is 10.4 Å². The van der Waals surface area contributed by atoms with Gasteiger partial charge in [-0.1, -0.05) is 6.07 Å². The molecule has 0 atom stereocenters. The second kappa shape index (κ2) is 7.95. The highest BCUT2D eigenvalue weighted by Crippen LogP contribution is 2.31. The molecule has 5 nitrogen and oxygen atoms in total. The number of benzene rings is 1. The molecule has 0 amide bonds. The maximum atomic E-state index is 12.9. The van der Waals surface area contributed by atoms with Gasteiger partial charge in [0.05, 0.1) is 10.5 Å². The molecule has 0 radical (unpaired) electrons. The molecule has 27 heavy (non-hydrogen) atoms. The number of hydrogen-bond donors (Lipinski definition) is 0. The fraction of sp³-hybridized carbons (Fsp3) is 0.389. The van der Waals surface area contributed by atoms with E-state index in [1.54, 1.807) is 12.4 Å². The molecule has 0 bridgehead atoms. The smallest absolute Gasteiger partial charge is 0.300 e. The van der Waals surface area contributed by atoms with Crippen LogP contribution in [0.15, 0.2) is 53.7 Å². The van der Waals surface area contributed by atoms with Crippen LogP contribution < -0.4 is 0 Å². The van der Waals surface area contributed by atoms with E-state index in [-0.39, 0.29) is 18.0 Å². The van der Waals surface area contributed by atoms with Crippen LogP contribution in [0.2, 0.25) is 0 Å². The van der Waals surface area contributed by atoms with Gasteiger partial charge >= 0.3 is 6.18 Å². The number of nitrogens with zero attached hydrogens (tertiary/aromatic N) is 3. The van der Waals surface area contributed by atoms with Crippen molar-refractivity contribution in [3.05, 3.63) is 59.9 Å². The molecule has 1 aromatic carbocycles. The zero-order valence-corrected chi connectivity index (χ0v) is 15.4. The van der Waals surface area contributed by atoms with Gasteiger partial charge in [0.1, 0.15) is 0 Å². The lowest BCUT2D eigenvalue weighted by atomic mass is 10.2. The van der Waals surface area contributed by atoms with Crippen molar-refractivity contribution in [2.75, 3.05) is 32.7 Å². The second-order valence-electron chi connectivity index (χ2n) is 6.38. The first-order chi connectivity index (χ1) is 12.8. The number of halogens is 3. The van der Waals surface area contributed by atoms with Gasteiger partial charge in [0, 0.05) is 45.1 Å². The Bertz CT molecular complexity index is 865. The standard InChI is InChI=1S/C18H20F3N3O2S/c19-18(20,21)16-2-1-3-17(14-16)27(25,26)24-12-10-23(11-13-24)9-6-15-4-7-22-8-5-15/h1-5,7-8,14H,6,9-13H2. The summed E-state index contributed by atoms with van der Waals surface area (Å²) in [6, 6.07) is 7.78. The Kier molecular flexibility index (Phi) is 5.83. The number of pyridine rings is 1. The van der Waals surface area contributed by atoms with Crippen molar-refractivity contribution in [1.82, 2.24) is 14.2 Å². The molecular weight excluding hydrogens is 379 g/mol. The van der Waals surface area contributed by atoms with Crippen LogP contribution in [0.4, 0.5) is 13.2 Å². The molecule has 0 aliphatic carbocycles. The van der Waals surface area contributed by atoms with Crippen LogP contribution in [-0.2, 0) is 22.6 Å². The van der Waals surface area contributed by atoms with Crippen LogP contribution in [0, 0.1) is 0 Å². The number of rotatable bonds is 5. The van der Waals surface area contributed by atoms with Crippen molar-refractivity contribution in [2.45, 2.75) is 17.5 Å². The minimum atomic E-state index is -4.57. The molecule has 2 heterocycles. The predicted octanol–water partition coefficient (Wildman–Crippen LogP) is 2.65. The van der Waals surface area contributed by atoms with Gasteiger partial charge in [-0.3, -0.25) is 4.98 Å². The van der Waals surface area contributed by atoms with E-state index in [2.05, 4.69) is 9.88 Å². The summed E-state index contributed by atoms with van der Waals surface area (Å²) in [5.74, 6) is 0. The number of hydrogen-bond acceptors (Lipinski definition) is 4. The average Bonchev–Trinajstić information content (AvgIpc) is 2.67. The number of sulfonamides is 1. The van der Waals surface area contributed by atoms with Crippen molar-refractivity contribution in [1.29, 1.82) is 0 Å². The molecule has 1 aliphatic heterocycles. The van der Waals surface area contributed by atoms with E-state index in [9.17, 15) is 21.6 Å². The van der Waals surface area contributed by atoms with Crippen LogP contribution >= 0.6 is 0 Å². The van der Waals surface area contributed by atoms with E-state index < -0.39 is 21.8 Å². The lowest BCUT2D eigenvalue weighted by molar-refractivity contribution is -0.137. The first-order valence-electron chi connectivity index (χ1n) is 8.55. The molecule has 9 heteroatoms. The Balaban J connectivity index is 1.61. The lowest BCUT2D eigenvalue weighted by Crippen LogP contribution is -2.49. The van der Waals surface area contributed by atoms with E-state index in [0.717, 1.165) is 30.7 Å². The van der Waals surface area contributed by atoms with Crippen molar-refractivity contribution >= 4 is 10.0 Å². The first-order valence-corrected chi connectivity index (χ1v) is 9.99. The third-order valence-electron chi connectivity index (χ3n) is 4.60. The minimum absolute atomic E-state index is 0.259. The highest BCUT2D eigenvalue weighted by Gasteiger charge is 2.33. The zero-order valence-electron chi connectivity index (χ0n) is 14.6. The van der Waals surface area contributed by atoms with Gasteiger partial charge in [-0.05, 0) is 42.3 Å². The van der Waals surface area contributed by atoms with Crippen LogP contribution in [0.3, 0.4) is 0 Å². The summed E-state index contributed by atoms with van der Waals surface area (Å²) in [4.78, 5) is 5.80. The third kappa shape index (κ3) is 4.85. The fourth-order valence-electron chi connectivity index (χ4n) is 3.01. The summed E-state index contributed by atoms with van der Waals surface area (Å²) in [5.41, 5.74) is 0.198. The second-order valence-corrected chi connectivity index (χ2v) is 8.31. The molecule has 0 spiro atoms. The van der Waals surface area contributed by atoms with Crippen molar-refractivity contribution < 1.29 is 21.6 Å². The SMILES string of the molecule is O=S(=O)(c1cccc(C(F)(F)F)c1)N1CCN(CCc2ccncc2)CC1. The quantitative estimate of drug-likeness (QED) is 0.776. The zero-order chi connectivity index (χ0) is 19.5. The van der Waals surface area contributed by atoms with Gasteiger partial charge < -0.3 is 4.90 Å². The number of piperazine rings is 1. The molecule has 1 aromatic heterocycles. The molecule has 1 fully saturated rings. The maximum absolute atomic E-state index is 12.9. The molecule has 146 valence electrons. The van der Waals surface area contributed by atoms with Crippen LogP contribution in [0.5, 0.6) is 0 Å². The molecule has 2 aromatic rings. The maximum Gasteiger partial charge on any atom is 0.416 e. The molecule has 0 N–H and O–H groups in total. The molecule has 0 unspecified atom stereocenters. The Morgan fingerprint density at radius 1 is 1.00 bits per heavy atom. The van der Waals surface area contributed by atoms with E-state index in [4.69, 9.17) is 0 Å². The van der Waals surface area contributed by atoms with Gasteiger partial charge in [0.15, 0.2) is 0 Å². The largest absolute Gasteiger partial charge is 0.416 e. The summed E-state index contributed by atoms with van der Waals surface area (Å²) in [7, 11) is -3.94. The highest BCUT2D eigenvalue weighted by molar-refractivity contribution is 7.89. The van der Waals surface area contributed by atoms with E-state index in [1.807, 2.05) is 12.1 Å². The fourth-order valence-corrected chi connectivity index (χ4v) is 4.48.